The Morgan fingerprint density at radius 2 is 1.69 bits per heavy atom. The Kier molecular flexibility index (Phi) is 6.66. The van der Waals surface area contributed by atoms with Gasteiger partial charge in [-0.1, -0.05) is 30.3 Å². The van der Waals surface area contributed by atoms with Gasteiger partial charge in [-0.2, -0.15) is 0 Å². The lowest BCUT2D eigenvalue weighted by Gasteiger charge is -2.39. The molecule has 5 rings (SSSR count). The van der Waals surface area contributed by atoms with E-state index in [4.69, 9.17) is 14.2 Å². The Hall–Kier alpha value is -4.20. The number of carbonyl (C=O) groups excluding carboxylic acids is 2. The fourth-order valence-electron chi connectivity index (χ4n) is 4.74. The lowest BCUT2D eigenvalue weighted by atomic mass is 10.0. The van der Waals surface area contributed by atoms with Gasteiger partial charge in [-0.25, -0.2) is 0 Å². The molecule has 0 unspecified atom stereocenters. The average Bonchev–Trinajstić information content (AvgIpc) is 3.47. The highest BCUT2D eigenvalue weighted by Gasteiger charge is 2.37. The minimum atomic E-state index is -0.604. The van der Waals surface area contributed by atoms with Crippen LogP contribution in [0.4, 0.5) is 11.4 Å². The third kappa shape index (κ3) is 4.42. The number of anilines is 2. The quantitative estimate of drug-likeness (QED) is 0.530. The molecule has 0 spiro atoms. The van der Waals surface area contributed by atoms with Crippen molar-refractivity contribution >= 4 is 23.2 Å². The maximum Gasteiger partial charge on any atom is 0.262 e. The molecule has 3 aromatic carbocycles. The Morgan fingerprint density at radius 1 is 0.944 bits per heavy atom. The summed E-state index contributed by atoms with van der Waals surface area (Å²) < 4.78 is 17.0. The first-order valence-corrected chi connectivity index (χ1v) is 12.0. The van der Waals surface area contributed by atoms with Crippen LogP contribution in [-0.2, 0) is 4.79 Å². The number of hydrogen-bond donors (Lipinski definition) is 1. The van der Waals surface area contributed by atoms with Gasteiger partial charge in [0.15, 0.2) is 6.61 Å². The molecule has 36 heavy (non-hydrogen) atoms. The van der Waals surface area contributed by atoms with Crippen LogP contribution < -0.4 is 24.4 Å². The van der Waals surface area contributed by atoms with E-state index in [0.717, 1.165) is 37.2 Å². The molecular weight excluding hydrogens is 458 g/mol. The predicted molar refractivity (Wildman–Crippen MR) is 137 cm³/mol. The number of fused-ring (bicyclic) bond motifs is 1. The summed E-state index contributed by atoms with van der Waals surface area (Å²) in [5.41, 5.74) is 2.58. The standard InChI is InChI=1S/C28H29N3O5/c1-34-19-13-14-23(25(17-19)35-2)31-27(29-22-11-5-3-9-20(22)28(31)33)21-10-4-6-12-24(21)36-18-26(32)30-15-7-8-16-30/h3-6,9-14,17,27,29H,7-8,15-16,18H2,1-2H3/t27-/m1/s1. The molecule has 3 aromatic rings. The van der Waals surface area contributed by atoms with Gasteiger partial charge in [-0.05, 0) is 43.2 Å². The van der Waals surface area contributed by atoms with Crippen LogP contribution in [0.3, 0.4) is 0 Å². The molecule has 1 fully saturated rings. The van der Waals surface area contributed by atoms with Gasteiger partial charge in [0.2, 0.25) is 0 Å². The molecule has 8 nitrogen and oxygen atoms in total. The lowest BCUT2D eigenvalue weighted by molar-refractivity contribution is -0.132. The van der Waals surface area contributed by atoms with Gasteiger partial charge in [-0.3, -0.25) is 14.5 Å². The minimum Gasteiger partial charge on any atom is -0.497 e. The van der Waals surface area contributed by atoms with Gasteiger partial charge in [0, 0.05) is 30.4 Å². The van der Waals surface area contributed by atoms with E-state index < -0.39 is 6.17 Å². The number of para-hydroxylation sites is 2. The highest BCUT2D eigenvalue weighted by molar-refractivity contribution is 6.12. The summed E-state index contributed by atoms with van der Waals surface area (Å²) >= 11 is 0. The molecule has 2 heterocycles. The third-order valence-electron chi connectivity index (χ3n) is 6.60. The van der Waals surface area contributed by atoms with E-state index in [9.17, 15) is 9.59 Å². The first-order chi connectivity index (χ1) is 17.6. The van der Waals surface area contributed by atoms with Gasteiger partial charge in [0.05, 0.1) is 25.5 Å². The van der Waals surface area contributed by atoms with E-state index in [-0.39, 0.29) is 18.4 Å². The second-order valence-electron chi connectivity index (χ2n) is 8.72. The highest BCUT2D eigenvalue weighted by Crippen LogP contribution is 2.43. The number of likely N-dealkylation sites (tertiary alicyclic amines) is 1. The molecule has 186 valence electrons. The van der Waals surface area contributed by atoms with Gasteiger partial charge < -0.3 is 24.4 Å². The van der Waals surface area contributed by atoms with Crippen molar-refractivity contribution in [3.63, 3.8) is 0 Å². The number of amides is 2. The molecule has 1 saturated heterocycles. The number of nitrogens with one attached hydrogen (secondary N) is 1. The minimum absolute atomic E-state index is 0.0333. The van der Waals surface area contributed by atoms with Crippen molar-refractivity contribution in [2.45, 2.75) is 19.0 Å². The summed E-state index contributed by atoms with van der Waals surface area (Å²) in [7, 11) is 3.14. The number of ether oxygens (including phenoxy) is 3. The maximum absolute atomic E-state index is 13.9. The molecule has 2 aliphatic rings. The van der Waals surface area contributed by atoms with Crippen molar-refractivity contribution in [1.29, 1.82) is 0 Å². The Labute approximate surface area is 210 Å². The van der Waals surface area contributed by atoms with Crippen LogP contribution in [0.15, 0.2) is 66.7 Å². The SMILES string of the molecule is COc1ccc(N2C(=O)c3ccccc3N[C@H]2c2ccccc2OCC(=O)N2CCCC2)c(OC)c1. The smallest absolute Gasteiger partial charge is 0.262 e. The van der Waals surface area contributed by atoms with Crippen LogP contribution in [0.25, 0.3) is 0 Å². The van der Waals surface area contributed by atoms with Crippen molar-refractivity contribution in [2.24, 2.45) is 0 Å². The monoisotopic (exact) mass is 487 g/mol. The summed E-state index contributed by atoms with van der Waals surface area (Å²) in [6, 6.07) is 20.2. The topological polar surface area (TPSA) is 80.3 Å². The van der Waals surface area contributed by atoms with Crippen LogP contribution in [0.1, 0.15) is 34.9 Å². The molecule has 2 aliphatic heterocycles. The van der Waals surface area contributed by atoms with Crippen LogP contribution in [0, 0.1) is 0 Å². The van der Waals surface area contributed by atoms with Gasteiger partial charge in [-0.15, -0.1) is 0 Å². The van der Waals surface area contributed by atoms with Crippen LogP contribution in [-0.4, -0.2) is 50.6 Å². The summed E-state index contributed by atoms with van der Waals surface area (Å²) in [4.78, 5) is 30.0. The van der Waals surface area contributed by atoms with Crippen molar-refractivity contribution in [1.82, 2.24) is 4.90 Å². The summed E-state index contributed by atoms with van der Waals surface area (Å²) in [6.07, 6.45) is 1.44. The number of benzene rings is 3. The maximum atomic E-state index is 13.9. The normalized spacial score (nSPS) is 16.8. The molecule has 0 aliphatic carbocycles. The van der Waals surface area contributed by atoms with Crippen molar-refractivity contribution in [3.05, 3.63) is 77.9 Å². The van der Waals surface area contributed by atoms with E-state index in [1.54, 1.807) is 43.4 Å². The lowest BCUT2D eigenvalue weighted by Crippen LogP contribution is -2.43. The molecule has 1 atom stereocenters. The first kappa shape index (κ1) is 23.5. The fourth-order valence-corrected chi connectivity index (χ4v) is 4.74. The number of rotatable bonds is 7. The van der Waals surface area contributed by atoms with Gasteiger partial charge in [0.1, 0.15) is 23.4 Å². The van der Waals surface area contributed by atoms with Crippen LogP contribution >= 0.6 is 0 Å². The predicted octanol–water partition coefficient (Wildman–Crippen LogP) is 4.48. The third-order valence-corrected chi connectivity index (χ3v) is 6.60. The molecular formula is C28H29N3O5. The first-order valence-electron chi connectivity index (χ1n) is 12.0. The zero-order valence-corrected chi connectivity index (χ0v) is 20.4. The molecule has 0 radical (unpaired) electrons. The van der Waals surface area contributed by atoms with Gasteiger partial charge >= 0.3 is 0 Å². The van der Waals surface area contributed by atoms with Gasteiger partial charge in [0.25, 0.3) is 11.8 Å². The Balaban J connectivity index is 1.54. The van der Waals surface area contributed by atoms with E-state index in [1.165, 1.54) is 0 Å². The Morgan fingerprint density at radius 3 is 2.47 bits per heavy atom. The molecule has 0 aromatic heterocycles. The van der Waals surface area contributed by atoms with Crippen molar-refractivity contribution in [3.8, 4) is 17.2 Å². The van der Waals surface area contributed by atoms with Crippen molar-refractivity contribution in [2.75, 3.05) is 44.1 Å². The highest BCUT2D eigenvalue weighted by atomic mass is 16.5. The van der Waals surface area contributed by atoms with Crippen LogP contribution in [0.2, 0.25) is 0 Å². The fraction of sp³-hybridized carbons (Fsp3) is 0.286. The number of carbonyl (C=O) groups is 2. The molecule has 0 saturated carbocycles. The summed E-state index contributed by atoms with van der Waals surface area (Å²) in [5, 5.41) is 3.50. The summed E-state index contributed by atoms with van der Waals surface area (Å²) in [6.45, 7) is 1.48. The zero-order valence-electron chi connectivity index (χ0n) is 20.4. The molecule has 0 bridgehead atoms. The molecule has 8 heteroatoms. The second kappa shape index (κ2) is 10.2. The second-order valence-corrected chi connectivity index (χ2v) is 8.72. The van der Waals surface area contributed by atoms with Crippen molar-refractivity contribution < 1.29 is 23.8 Å². The molecule has 1 N–H and O–H groups in total. The number of hydrogen-bond acceptors (Lipinski definition) is 6. The van der Waals surface area contributed by atoms with E-state index in [1.807, 2.05) is 47.4 Å². The van der Waals surface area contributed by atoms with E-state index in [0.29, 0.717) is 28.5 Å². The van der Waals surface area contributed by atoms with E-state index in [2.05, 4.69) is 5.32 Å². The zero-order chi connectivity index (χ0) is 25.1. The average molecular weight is 488 g/mol. The Bertz CT molecular complexity index is 1270. The number of methoxy groups -OCH3 is 2. The van der Waals surface area contributed by atoms with E-state index >= 15 is 0 Å². The van der Waals surface area contributed by atoms with Crippen LogP contribution in [0.5, 0.6) is 17.2 Å². The number of nitrogens with zero attached hydrogens (tertiary/aromatic N) is 2. The summed E-state index contributed by atoms with van der Waals surface area (Å²) in [5.74, 6) is 1.44. The largest absolute Gasteiger partial charge is 0.497 e. The molecule has 2 amide bonds.